The van der Waals surface area contributed by atoms with Crippen molar-refractivity contribution in [2.24, 2.45) is 5.73 Å². The van der Waals surface area contributed by atoms with Crippen LogP contribution in [0.1, 0.15) is 19.3 Å². The van der Waals surface area contributed by atoms with Crippen molar-refractivity contribution in [3.05, 3.63) is 34.4 Å². The largest absolute Gasteiger partial charge is 0.480 e. The zero-order valence-electron chi connectivity index (χ0n) is 10.4. The van der Waals surface area contributed by atoms with Gasteiger partial charge in [0.1, 0.15) is 11.7 Å². The first-order valence-corrected chi connectivity index (χ1v) is 5.98. The van der Waals surface area contributed by atoms with Crippen LogP contribution in [0.5, 0.6) is 0 Å². The van der Waals surface area contributed by atoms with Crippen molar-refractivity contribution in [2.75, 3.05) is 11.9 Å². The van der Waals surface area contributed by atoms with Gasteiger partial charge >= 0.3 is 5.97 Å². The average molecular weight is 267 g/mol. The molecule has 1 unspecified atom stereocenters. The standard InChI is InChI=1S/C12H17N3O4/c13-9(12(16)17)5-3-4-8-14-10-6-1-2-7-11(10)15(18)19/h1-2,6-7,9,14H,3-5,8,13H2,(H,16,17). The number of nitrogens with one attached hydrogen (secondary N) is 1. The molecule has 0 aromatic heterocycles. The lowest BCUT2D eigenvalue weighted by Crippen LogP contribution is -2.29. The van der Waals surface area contributed by atoms with Crippen molar-refractivity contribution in [1.82, 2.24) is 0 Å². The fraction of sp³-hybridized carbons (Fsp3) is 0.417. The maximum atomic E-state index is 10.8. The number of benzene rings is 1. The molecule has 0 heterocycles. The molecule has 0 amide bonds. The van der Waals surface area contributed by atoms with Crippen LogP contribution in [0.15, 0.2) is 24.3 Å². The highest BCUT2D eigenvalue weighted by molar-refractivity contribution is 5.72. The van der Waals surface area contributed by atoms with Gasteiger partial charge in [0.15, 0.2) is 0 Å². The van der Waals surface area contributed by atoms with Crippen molar-refractivity contribution in [2.45, 2.75) is 25.3 Å². The molecule has 0 bridgehead atoms. The molecule has 7 nitrogen and oxygen atoms in total. The third-order valence-electron chi connectivity index (χ3n) is 2.68. The van der Waals surface area contributed by atoms with Gasteiger partial charge in [0.2, 0.25) is 0 Å². The maximum absolute atomic E-state index is 10.8. The van der Waals surface area contributed by atoms with Crippen LogP contribution in [-0.2, 0) is 4.79 Å². The molecule has 0 radical (unpaired) electrons. The first-order chi connectivity index (χ1) is 9.02. The average Bonchev–Trinajstić information content (AvgIpc) is 2.38. The number of anilines is 1. The van der Waals surface area contributed by atoms with E-state index in [-0.39, 0.29) is 5.69 Å². The highest BCUT2D eigenvalue weighted by atomic mass is 16.6. The number of carboxylic acid groups (broad SMARTS) is 1. The first-order valence-electron chi connectivity index (χ1n) is 5.98. The Balaban J connectivity index is 2.34. The number of nitro groups is 1. The summed E-state index contributed by atoms with van der Waals surface area (Å²) in [5.74, 6) is -1.01. The van der Waals surface area contributed by atoms with Gasteiger partial charge in [0.05, 0.1) is 4.92 Å². The van der Waals surface area contributed by atoms with E-state index < -0.39 is 16.9 Å². The number of para-hydroxylation sites is 2. The Morgan fingerprint density at radius 1 is 1.42 bits per heavy atom. The van der Waals surface area contributed by atoms with E-state index >= 15 is 0 Å². The van der Waals surface area contributed by atoms with Crippen LogP contribution in [0.2, 0.25) is 0 Å². The second-order valence-electron chi connectivity index (χ2n) is 4.14. The molecule has 7 heteroatoms. The molecule has 1 rings (SSSR count). The van der Waals surface area contributed by atoms with Gasteiger partial charge in [-0.3, -0.25) is 14.9 Å². The predicted molar refractivity (Wildman–Crippen MR) is 71.0 cm³/mol. The normalized spacial score (nSPS) is 11.8. The molecular weight excluding hydrogens is 250 g/mol. The summed E-state index contributed by atoms with van der Waals surface area (Å²) in [4.78, 5) is 20.8. The molecule has 4 N–H and O–H groups in total. The van der Waals surface area contributed by atoms with Crippen molar-refractivity contribution in [1.29, 1.82) is 0 Å². The fourth-order valence-corrected chi connectivity index (χ4v) is 1.62. The van der Waals surface area contributed by atoms with E-state index in [4.69, 9.17) is 10.8 Å². The fourth-order valence-electron chi connectivity index (χ4n) is 1.62. The van der Waals surface area contributed by atoms with Crippen LogP contribution >= 0.6 is 0 Å². The Morgan fingerprint density at radius 2 is 2.11 bits per heavy atom. The smallest absolute Gasteiger partial charge is 0.320 e. The van der Waals surface area contributed by atoms with Gasteiger partial charge in [-0.25, -0.2) is 0 Å². The molecule has 104 valence electrons. The number of nitrogens with zero attached hydrogens (tertiary/aromatic N) is 1. The van der Waals surface area contributed by atoms with Gasteiger partial charge in [-0.2, -0.15) is 0 Å². The zero-order valence-corrected chi connectivity index (χ0v) is 10.4. The number of carboxylic acids is 1. The minimum atomic E-state index is -1.01. The van der Waals surface area contributed by atoms with E-state index in [2.05, 4.69) is 5.32 Å². The number of nitro benzene ring substituents is 1. The second kappa shape index (κ2) is 7.32. The summed E-state index contributed by atoms with van der Waals surface area (Å²) in [6.45, 7) is 0.539. The molecule has 0 aliphatic carbocycles. The molecular formula is C12H17N3O4. The second-order valence-corrected chi connectivity index (χ2v) is 4.14. The molecule has 0 fully saturated rings. The van der Waals surface area contributed by atoms with Crippen LogP contribution in [-0.4, -0.2) is 28.6 Å². The van der Waals surface area contributed by atoms with E-state index in [9.17, 15) is 14.9 Å². The van der Waals surface area contributed by atoms with Gasteiger partial charge in [0.25, 0.3) is 5.69 Å². The molecule has 1 aromatic rings. The summed E-state index contributed by atoms with van der Waals surface area (Å²) in [7, 11) is 0. The van der Waals surface area contributed by atoms with E-state index in [0.717, 1.165) is 0 Å². The van der Waals surface area contributed by atoms with E-state index in [1.54, 1.807) is 18.2 Å². The lowest BCUT2D eigenvalue weighted by Gasteiger charge is -2.08. The van der Waals surface area contributed by atoms with Crippen LogP contribution in [0.25, 0.3) is 0 Å². The van der Waals surface area contributed by atoms with Gasteiger partial charge in [-0.15, -0.1) is 0 Å². The molecule has 1 atom stereocenters. The Bertz CT molecular complexity index is 450. The van der Waals surface area contributed by atoms with Crippen LogP contribution < -0.4 is 11.1 Å². The summed E-state index contributed by atoms with van der Waals surface area (Å²) in [6, 6.07) is 5.56. The minimum absolute atomic E-state index is 0.0322. The molecule has 0 saturated heterocycles. The number of hydrogen-bond donors (Lipinski definition) is 3. The molecule has 0 aliphatic heterocycles. The highest BCUT2D eigenvalue weighted by Crippen LogP contribution is 2.22. The van der Waals surface area contributed by atoms with Gasteiger partial charge in [-0.05, 0) is 25.3 Å². The number of unbranched alkanes of at least 4 members (excludes halogenated alkanes) is 1. The maximum Gasteiger partial charge on any atom is 0.320 e. The molecule has 0 spiro atoms. The summed E-state index contributed by atoms with van der Waals surface area (Å²) < 4.78 is 0. The Kier molecular flexibility index (Phi) is 5.74. The van der Waals surface area contributed by atoms with Gasteiger partial charge < -0.3 is 16.2 Å². The minimum Gasteiger partial charge on any atom is -0.480 e. The quantitative estimate of drug-likeness (QED) is 0.374. The third kappa shape index (κ3) is 4.92. The van der Waals surface area contributed by atoms with E-state index in [0.29, 0.717) is 31.5 Å². The predicted octanol–water partition coefficient (Wildman–Crippen LogP) is 1.59. The number of hydrogen-bond acceptors (Lipinski definition) is 5. The Hall–Kier alpha value is -2.15. The zero-order chi connectivity index (χ0) is 14.3. The summed E-state index contributed by atoms with van der Waals surface area (Å²) >= 11 is 0. The van der Waals surface area contributed by atoms with Crippen LogP contribution in [0.3, 0.4) is 0 Å². The summed E-state index contributed by atoms with van der Waals surface area (Å²) in [5.41, 5.74) is 5.86. The lowest BCUT2D eigenvalue weighted by atomic mass is 10.1. The molecule has 19 heavy (non-hydrogen) atoms. The van der Waals surface area contributed by atoms with Gasteiger partial charge in [-0.1, -0.05) is 12.1 Å². The SMILES string of the molecule is NC(CCCCNc1ccccc1[N+](=O)[O-])C(=O)O. The van der Waals surface area contributed by atoms with Crippen molar-refractivity contribution >= 4 is 17.3 Å². The first kappa shape index (κ1) is 14.9. The van der Waals surface area contributed by atoms with E-state index in [1.807, 2.05) is 0 Å². The van der Waals surface area contributed by atoms with Gasteiger partial charge in [0, 0.05) is 12.6 Å². The summed E-state index contributed by atoms with van der Waals surface area (Å²) in [5, 5.41) is 22.3. The summed E-state index contributed by atoms with van der Waals surface area (Å²) in [6.07, 6.45) is 1.75. The number of nitrogens with two attached hydrogens (primary N) is 1. The third-order valence-corrected chi connectivity index (χ3v) is 2.68. The highest BCUT2D eigenvalue weighted by Gasteiger charge is 2.12. The Morgan fingerprint density at radius 3 is 2.74 bits per heavy atom. The molecule has 0 aliphatic rings. The number of aliphatic carboxylic acids is 1. The number of carbonyl (C=O) groups is 1. The van der Waals surface area contributed by atoms with Crippen molar-refractivity contribution < 1.29 is 14.8 Å². The topological polar surface area (TPSA) is 118 Å². The van der Waals surface area contributed by atoms with Crippen LogP contribution in [0, 0.1) is 10.1 Å². The lowest BCUT2D eigenvalue weighted by molar-refractivity contribution is -0.384. The monoisotopic (exact) mass is 267 g/mol. The van der Waals surface area contributed by atoms with E-state index in [1.165, 1.54) is 6.07 Å². The number of rotatable bonds is 8. The van der Waals surface area contributed by atoms with Crippen molar-refractivity contribution in [3.63, 3.8) is 0 Å². The Labute approximate surface area is 110 Å². The molecule has 0 saturated carbocycles. The van der Waals surface area contributed by atoms with Crippen LogP contribution in [0.4, 0.5) is 11.4 Å². The molecule has 1 aromatic carbocycles. The van der Waals surface area contributed by atoms with Crippen molar-refractivity contribution in [3.8, 4) is 0 Å².